The fourth-order valence-electron chi connectivity index (χ4n) is 3.94. The number of amides is 1. The van der Waals surface area contributed by atoms with E-state index in [9.17, 15) is 4.79 Å². The molecule has 1 unspecified atom stereocenters. The summed E-state index contributed by atoms with van der Waals surface area (Å²) in [5.41, 5.74) is 7.39. The minimum absolute atomic E-state index is 0.150. The fraction of sp³-hybridized carbons (Fsp3) is 0.520. The standard InChI is InChI=1S/C25H34N6O/c1-3-5-7-20(8-6-4-2)22-15-19(18-31-13-11-27-12-14-31)9-10-23(22)30-25(32)24-28-17-21(16-26)29-24/h7,9-10,17,23,27H,3-6,8,11-14,18H2,1-2H3,(H,28,29)(H,30,32)/b20-7+. The molecule has 3 rings (SSSR count). The lowest BCUT2D eigenvalue weighted by Gasteiger charge is -2.28. The van der Waals surface area contributed by atoms with Crippen molar-refractivity contribution in [1.82, 2.24) is 25.5 Å². The number of piperazine rings is 1. The number of H-pyrrole nitrogens is 1. The van der Waals surface area contributed by atoms with Gasteiger partial charge in [0.05, 0.1) is 12.2 Å². The second-order valence-electron chi connectivity index (χ2n) is 8.28. The Labute approximate surface area is 191 Å². The molecule has 1 aliphatic heterocycles. The maximum atomic E-state index is 12.8. The monoisotopic (exact) mass is 434 g/mol. The van der Waals surface area contributed by atoms with Crippen molar-refractivity contribution < 1.29 is 4.79 Å². The Bertz CT molecular complexity index is 951. The lowest BCUT2D eigenvalue weighted by molar-refractivity contribution is 0.0939. The molecular weight excluding hydrogens is 400 g/mol. The van der Waals surface area contributed by atoms with E-state index in [4.69, 9.17) is 5.26 Å². The van der Waals surface area contributed by atoms with Gasteiger partial charge in [0.15, 0.2) is 5.82 Å². The van der Waals surface area contributed by atoms with E-state index in [1.165, 1.54) is 11.8 Å². The molecule has 2 heterocycles. The molecule has 1 fully saturated rings. The molecule has 1 aromatic rings. The summed E-state index contributed by atoms with van der Waals surface area (Å²) >= 11 is 0. The van der Waals surface area contributed by atoms with Gasteiger partial charge in [0, 0.05) is 43.9 Å². The molecule has 0 spiro atoms. The van der Waals surface area contributed by atoms with Gasteiger partial charge in [0.2, 0.25) is 0 Å². The van der Waals surface area contributed by atoms with Crippen molar-refractivity contribution in [3.05, 3.63) is 58.4 Å². The van der Waals surface area contributed by atoms with Gasteiger partial charge in [-0.25, -0.2) is 4.98 Å². The Morgan fingerprint density at radius 1 is 1.38 bits per heavy atom. The summed E-state index contributed by atoms with van der Waals surface area (Å²) in [6.45, 7) is 9.32. The van der Waals surface area contributed by atoms with E-state index in [1.807, 2.05) is 6.07 Å². The quantitative estimate of drug-likeness (QED) is 0.491. The molecular formula is C25H34N6O. The van der Waals surface area contributed by atoms with Crippen molar-refractivity contribution in [3.63, 3.8) is 0 Å². The highest BCUT2D eigenvalue weighted by atomic mass is 16.2. The topological polar surface area (TPSA) is 96.8 Å². The van der Waals surface area contributed by atoms with E-state index in [0.717, 1.165) is 76.0 Å². The Morgan fingerprint density at radius 3 is 2.88 bits per heavy atom. The number of imidazole rings is 1. The van der Waals surface area contributed by atoms with Crippen molar-refractivity contribution in [1.29, 1.82) is 5.26 Å². The summed E-state index contributed by atoms with van der Waals surface area (Å²) in [4.78, 5) is 22.0. The number of carbonyl (C=O) groups excluding carboxylic acids is 1. The minimum atomic E-state index is -0.323. The van der Waals surface area contributed by atoms with Crippen molar-refractivity contribution in [2.45, 2.75) is 52.0 Å². The Morgan fingerprint density at radius 2 is 2.19 bits per heavy atom. The van der Waals surface area contributed by atoms with Gasteiger partial charge in [-0.05, 0) is 24.8 Å². The largest absolute Gasteiger partial charge is 0.338 e. The molecule has 1 saturated heterocycles. The molecule has 32 heavy (non-hydrogen) atoms. The number of aromatic amines is 1. The highest BCUT2D eigenvalue weighted by Crippen LogP contribution is 2.25. The number of unbranched alkanes of at least 4 members (excludes halogenated alkanes) is 2. The normalized spacial score (nSPS) is 19.3. The number of nitriles is 1. The molecule has 170 valence electrons. The fourth-order valence-corrected chi connectivity index (χ4v) is 3.94. The molecule has 0 aromatic carbocycles. The zero-order chi connectivity index (χ0) is 22.8. The zero-order valence-corrected chi connectivity index (χ0v) is 19.2. The van der Waals surface area contributed by atoms with Gasteiger partial charge in [-0.3, -0.25) is 9.69 Å². The number of nitrogens with zero attached hydrogens (tertiary/aromatic N) is 3. The maximum Gasteiger partial charge on any atom is 0.287 e. The molecule has 7 nitrogen and oxygen atoms in total. The second-order valence-corrected chi connectivity index (χ2v) is 8.28. The van der Waals surface area contributed by atoms with Crippen molar-refractivity contribution in [3.8, 4) is 6.07 Å². The Kier molecular flexibility index (Phi) is 9.06. The van der Waals surface area contributed by atoms with E-state index in [1.54, 1.807) is 0 Å². The summed E-state index contributed by atoms with van der Waals surface area (Å²) in [6, 6.07) is 1.70. The number of nitrogens with one attached hydrogen (secondary N) is 3. The second kappa shape index (κ2) is 12.2. The lowest BCUT2D eigenvalue weighted by Crippen LogP contribution is -2.44. The zero-order valence-electron chi connectivity index (χ0n) is 19.2. The van der Waals surface area contributed by atoms with E-state index >= 15 is 0 Å². The minimum Gasteiger partial charge on any atom is -0.338 e. The molecule has 0 radical (unpaired) electrons. The summed E-state index contributed by atoms with van der Waals surface area (Å²) < 4.78 is 0. The van der Waals surface area contributed by atoms with E-state index in [2.05, 4.69) is 63.3 Å². The van der Waals surface area contributed by atoms with Gasteiger partial charge in [0.25, 0.3) is 5.91 Å². The number of carbonyl (C=O) groups is 1. The van der Waals surface area contributed by atoms with Gasteiger partial charge >= 0.3 is 0 Å². The molecule has 1 atom stereocenters. The van der Waals surface area contributed by atoms with Crippen molar-refractivity contribution in [2.75, 3.05) is 32.7 Å². The molecule has 1 aliphatic carbocycles. The van der Waals surface area contributed by atoms with E-state index in [0.29, 0.717) is 0 Å². The number of hydrogen-bond acceptors (Lipinski definition) is 5. The Hall–Kier alpha value is -2.91. The van der Waals surface area contributed by atoms with Crippen LogP contribution in [0.5, 0.6) is 0 Å². The third kappa shape index (κ3) is 6.54. The van der Waals surface area contributed by atoms with Crippen LogP contribution >= 0.6 is 0 Å². The summed E-state index contributed by atoms with van der Waals surface area (Å²) in [6.07, 6.45) is 13.1. The van der Waals surface area contributed by atoms with Crippen LogP contribution in [0, 0.1) is 11.3 Å². The van der Waals surface area contributed by atoms with Gasteiger partial charge in [0.1, 0.15) is 11.8 Å². The van der Waals surface area contributed by atoms with Gasteiger partial charge in [-0.15, -0.1) is 5.73 Å². The Balaban J connectivity index is 1.88. The number of hydrogen-bond donors (Lipinski definition) is 3. The van der Waals surface area contributed by atoms with Crippen LogP contribution in [0.3, 0.4) is 0 Å². The SMILES string of the molecule is CCC/C=C(\CCCC)C1=C=C(CN2CCNCC2)C=CC1NC(=O)c1ncc(C#N)[nH]1. The smallest absolute Gasteiger partial charge is 0.287 e. The van der Waals surface area contributed by atoms with Crippen LogP contribution < -0.4 is 10.6 Å². The first-order valence-electron chi connectivity index (χ1n) is 11.7. The number of aromatic nitrogens is 2. The highest BCUT2D eigenvalue weighted by Gasteiger charge is 2.23. The maximum absolute atomic E-state index is 12.8. The van der Waals surface area contributed by atoms with Gasteiger partial charge in [-0.1, -0.05) is 44.9 Å². The van der Waals surface area contributed by atoms with Crippen LogP contribution in [0.4, 0.5) is 0 Å². The van der Waals surface area contributed by atoms with Crippen LogP contribution in [0.25, 0.3) is 0 Å². The molecule has 3 N–H and O–H groups in total. The third-order valence-corrected chi connectivity index (χ3v) is 5.72. The molecule has 1 amide bonds. The van der Waals surface area contributed by atoms with E-state index in [-0.39, 0.29) is 23.5 Å². The number of allylic oxidation sites excluding steroid dienone is 1. The van der Waals surface area contributed by atoms with Crippen LogP contribution in [0.1, 0.15) is 62.3 Å². The number of rotatable bonds is 10. The molecule has 1 aromatic heterocycles. The first-order valence-corrected chi connectivity index (χ1v) is 11.7. The van der Waals surface area contributed by atoms with Crippen LogP contribution in [0.2, 0.25) is 0 Å². The average molecular weight is 435 g/mol. The predicted octanol–water partition coefficient (Wildman–Crippen LogP) is 3.22. The summed E-state index contributed by atoms with van der Waals surface area (Å²) in [5.74, 6) is -0.172. The molecule has 2 aliphatic rings. The first-order chi connectivity index (χ1) is 15.6. The third-order valence-electron chi connectivity index (χ3n) is 5.72. The summed E-state index contributed by atoms with van der Waals surface area (Å²) in [5, 5.41) is 15.5. The molecule has 7 heteroatoms. The van der Waals surface area contributed by atoms with Crippen LogP contribution in [-0.2, 0) is 0 Å². The van der Waals surface area contributed by atoms with E-state index < -0.39 is 0 Å². The van der Waals surface area contributed by atoms with Crippen molar-refractivity contribution in [2.24, 2.45) is 0 Å². The van der Waals surface area contributed by atoms with Crippen LogP contribution in [-0.4, -0.2) is 59.5 Å². The summed E-state index contributed by atoms with van der Waals surface area (Å²) in [7, 11) is 0. The van der Waals surface area contributed by atoms with Crippen molar-refractivity contribution >= 4 is 5.91 Å². The van der Waals surface area contributed by atoms with Crippen LogP contribution in [0.15, 0.2) is 46.9 Å². The molecule has 0 saturated carbocycles. The highest BCUT2D eigenvalue weighted by molar-refractivity contribution is 5.91. The first kappa shape index (κ1) is 23.7. The predicted molar refractivity (Wildman–Crippen MR) is 126 cm³/mol. The molecule has 0 bridgehead atoms. The lowest BCUT2D eigenvalue weighted by atomic mass is 9.90. The van der Waals surface area contributed by atoms with Gasteiger partial charge in [-0.2, -0.15) is 5.26 Å². The average Bonchev–Trinajstić information content (AvgIpc) is 3.31. The van der Waals surface area contributed by atoms with Gasteiger partial charge < -0.3 is 15.6 Å².